The number of H-pyrrole nitrogens is 1. The number of primary amides is 1. The largest absolute Gasteiger partial charge is 0.481 e. The number of carbonyl (C=O) groups excluding carboxylic acids is 13. The van der Waals surface area contributed by atoms with Crippen molar-refractivity contribution in [2.45, 2.75) is 170 Å². The van der Waals surface area contributed by atoms with Crippen LogP contribution >= 0.6 is 12.6 Å². The number of aliphatic hydroxyl groups excluding tert-OH is 2. The number of ether oxygens (including phenoxy) is 1. The Morgan fingerprint density at radius 2 is 1.20 bits per heavy atom. The van der Waals surface area contributed by atoms with Gasteiger partial charge in [-0.2, -0.15) is 12.6 Å². The van der Waals surface area contributed by atoms with Crippen LogP contribution < -0.4 is 65.5 Å². The Kier molecular flexibility index (Phi) is 34.7. The van der Waals surface area contributed by atoms with Gasteiger partial charge < -0.3 is 95.4 Å². The number of fused-ring (bicyclic) bond motifs is 4. The van der Waals surface area contributed by atoms with E-state index in [1.165, 1.54) is 19.1 Å². The van der Waals surface area contributed by atoms with Crippen molar-refractivity contribution in [3.8, 4) is 11.1 Å². The Hall–Kier alpha value is -11.3. The lowest BCUT2D eigenvalue weighted by molar-refractivity contribution is -0.146. The smallest absolute Gasteiger partial charge is 0.306 e. The molecule has 2 heterocycles. The molecule has 1 aromatic heterocycles. The average molecular weight is 1550 g/mol. The van der Waals surface area contributed by atoms with Crippen LogP contribution in [0.2, 0.25) is 0 Å². The first kappa shape index (κ1) is 87.6. The van der Waals surface area contributed by atoms with Crippen LogP contribution in [0.4, 0.5) is 0 Å². The molecule has 11 atom stereocenters. The maximum absolute atomic E-state index is 14.4. The highest BCUT2D eigenvalue weighted by Gasteiger charge is 2.42. The number of carbonyl (C=O) groups is 14. The zero-order valence-electron chi connectivity index (χ0n) is 61.2. The number of ketones is 2. The van der Waals surface area contributed by atoms with E-state index in [9.17, 15) is 82.4 Å². The van der Waals surface area contributed by atoms with Crippen molar-refractivity contribution in [1.29, 1.82) is 5.41 Å². The van der Waals surface area contributed by atoms with E-state index in [1.807, 2.05) is 66.7 Å². The molecular formula is C75H100N16O18S. The van der Waals surface area contributed by atoms with E-state index in [-0.39, 0.29) is 107 Å². The lowest BCUT2D eigenvalue weighted by Gasteiger charge is -2.30. The monoisotopic (exact) mass is 1540 g/mol. The number of aliphatic imine (C=N–C) groups is 1. The normalized spacial score (nSPS) is 15.6. The number of hydrogen-bond acceptors (Lipinski definition) is 20. The molecule has 1 aliphatic carbocycles. The molecule has 1 unspecified atom stereocenters. The zero-order valence-corrected chi connectivity index (χ0v) is 62.1. The number of unbranched alkanes of at least 4 members (excludes halogenated alkanes) is 1. The van der Waals surface area contributed by atoms with Crippen LogP contribution in [-0.4, -0.2) is 213 Å². The number of aromatic amines is 1. The SMILES string of the molecule is C=CC[C@H](CC(=O)[C@H](CO)NC(=O)CCC(=O)OCC1c2ccccc2-c2ccccc21)C(=O)N[C@@H](CO)C(=O)N[C@@H](CC(=O)O)C(=O)N1CCCC1C(=O)N[C@@H](CCCN=C(N)N)C(=O)N[C@@H](CS)C(=O)N[C@@H](C)C(=O)C[C@@H](Cc1cc2ccccc2[nH]1)C(=O)N[C@@H](CCCCC(=N)N)C(=O)N[C@@H](CC=C)C(N)=O. The molecule has 6 rings (SSSR count). The van der Waals surface area contributed by atoms with Gasteiger partial charge >= 0.3 is 11.9 Å². The van der Waals surface area contributed by atoms with E-state index in [0.29, 0.717) is 18.5 Å². The van der Waals surface area contributed by atoms with Gasteiger partial charge in [0, 0.05) is 67.6 Å². The number of benzene rings is 3. The van der Waals surface area contributed by atoms with Crippen LogP contribution in [0.25, 0.3) is 22.0 Å². The summed E-state index contributed by atoms with van der Waals surface area (Å²) in [6.07, 6.45) is 0.216. The number of carboxylic acids is 1. The lowest BCUT2D eigenvalue weighted by Crippen LogP contribution is -2.60. The molecule has 594 valence electrons. The van der Waals surface area contributed by atoms with Crippen LogP contribution in [0.1, 0.15) is 126 Å². The third kappa shape index (κ3) is 26.2. The van der Waals surface area contributed by atoms with Gasteiger partial charge in [0.25, 0.3) is 0 Å². The summed E-state index contributed by atoms with van der Waals surface area (Å²) >= 11 is 4.30. The number of para-hydroxylation sites is 1. The first-order chi connectivity index (χ1) is 52.5. The van der Waals surface area contributed by atoms with Gasteiger partial charge in [-0.05, 0) is 104 Å². The van der Waals surface area contributed by atoms with Gasteiger partial charge in [0.1, 0.15) is 54.9 Å². The highest BCUT2D eigenvalue weighted by molar-refractivity contribution is 7.80. The topological polar surface area (TPSA) is 564 Å². The number of nitrogens with two attached hydrogens (primary N) is 4. The molecule has 0 bridgehead atoms. The molecule has 1 saturated heterocycles. The summed E-state index contributed by atoms with van der Waals surface area (Å²) in [6.45, 7) is 6.32. The molecule has 1 fully saturated rings. The fraction of sp³-hybridized carbons (Fsp3) is 0.467. The van der Waals surface area contributed by atoms with Gasteiger partial charge in [-0.25, -0.2) is 0 Å². The van der Waals surface area contributed by atoms with Crippen LogP contribution in [0, 0.1) is 17.2 Å². The van der Waals surface area contributed by atoms with E-state index in [0.717, 1.165) is 38.1 Å². The summed E-state index contributed by atoms with van der Waals surface area (Å²) in [7, 11) is 0. The van der Waals surface area contributed by atoms with Crippen LogP contribution in [0.15, 0.2) is 109 Å². The second kappa shape index (κ2) is 43.6. The van der Waals surface area contributed by atoms with Crippen molar-refractivity contribution >= 4 is 118 Å². The number of esters is 1. The third-order valence-corrected chi connectivity index (χ3v) is 19.1. The number of guanidine groups is 1. The van der Waals surface area contributed by atoms with Gasteiger partial charge in [0.15, 0.2) is 17.5 Å². The minimum atomic E-state index is -1.94. The molecule has 1 aliphatic heterocycles. The number of rotatable bonds is 48. The second-order valence-corrected chi connectivity index (χ2v) is 27.3. The molecule has 110 heavy (non-hydrogen) atoms. The Morgan fingerprint density at radius 1 is 0.636 bits per heavy atom. The maximum atomic E-state index is 14.4. The van der Waals surface area contributed by atoms with E-state index >= 15 is 0 Å². The van der Waals surface area contributed by atoms with Gasteiger partial charge in [-0.15, -0.1) is 13.2 Å². The highest BCUT2D eigenvalue weighted by Crippen LogP contribution is 2.44. The number of allylic oxidation sites excluding steroid dienone is 1. The summed E-state index contributed by atoms with van der Waals surface area (Å²) < 4.78 is 5.58. The molecule has 0 spiro atoms. The standard InChI is InChI=1S/C75H100N16O18S/c1-4-16-43(34-61(95)56(37-92)84-63(96)28-29-65(99)109-39-50-48-21-9-7-19-46(48)47-20-8-10-22-49(47)50)67(101)89-57(38-93)71(105)88-55(36-64(97)98)74(108)91-31-15-26-59(91)73(107)87-54(25-14-30-81-75(79)80)70(104)90-58(40-110)72(106)82-41(3)60(94)35-44(33-45-32-42-18-6-11-23-51(42)83-45)68(102)86-53(24-12-13-27-62(76)77)69(103)85-52(17-5-2)66(78)100/h4-11,18-23,32,41,43-44,50,52-59,83,92-93,110H,1-2,12-17,24-31,33-40H2,3H3,(H3,76,77)(H2,78,100)(H,82,106)(H,84,96)(H,85,103)(H,86,102)(H,87,107)(H,88,105)(H,89,101)(H,90,104)(H,97,98)(H4,79,80,81)/t41-,43+,44+,52-,53-,54-,55-,56-,57-,58-,59?/m0/s1. The van der Waals surface area contributed by atoms with E-state index in [2.05, 4.69) is 78.3 Å². The van der Waals surface area contributed by atoms with Gasteiger partial charge in [0.05, 0.1) is 43.9 Å². The molecule has 0 saturated carbocycles. The Bertz CT molecular complexity index is 3970. The summed E-state index contributed by atoms with van der Waals surface area (Å²) in [5.41, 5.74) is 27.5. The average Bonchev–Trinajstić information content (AvgIpc) is 1.61. The number of aromatic nitrogens is 1. The third-order valence-electron chi connectivity index (χ3n) is 18.7. The van der Waals surface area contributed by atoms with Crippen LogP contribution in [0.3, 0.4) is 0 Å². The minimum Gasteiger partial charge on any atom is -0.481 e. The maximum Gasteiger partial charge on any atom is 0.306 e. The van der Waals surface area contributed by atoms with E-state index in [1.54, 1.807) is 12.1 Å². The molecule has 34 nitrogen and oxygen atoms in total. The molecule has 3 aromatic carbocycles. The number of hydrogen-bond donors (Lipinski definition) is 18. The van der Waals surface area contributed by atoms with Crippen molar-refractivity contribution in [2.75, 3.05) is 38.7 Å². The van der Waals surface area contributed by atoms with E-state index < -0.39 is 188 Å². The molecule has 10 amide bonds. The number of Topliss-reactive ketones (excluding diaryl/α,β-unsaturated/α-hetero) is 2. The molecule has 35 heteroatoms. The fourth-order valence-electron chi connectivity index (χ4n) is 12.9. The predicted molar refractivity (Wildman–Crippen MR) is 407 cm³/mol. The lowest BCUT2D eigenvalue weighted by atomic mass is 9.92. The van der Waals surface area contributed by atoms with Crippen molar-refractivity contribution < 1.29 is 87.2 Å². The van der Waals surface area contributed by atoms with Crippen molar-refractivity contribution in [1.82, 2.24) is 52.4 Å². The van der Waals surface area contributed by atoms with Gasteiger partial charge in [-0.3, -0.25) is 77.5 Å². The number of likely N-dealkylation sites (tertiary alicyclic amines) is 1. The summed E-state index contributed by atoms with van der Waals surface area (Å²) in [5, 5.41) is 58.8. The summed E-state index contributed by atoms with van der Waals surface area (Å²) in [5.74, 6) is -16.6. The molecule has 0 radical (unpaired) electrons. The molecule has 4 aromatic rings. The van der Waals surface area contributed by atoms with Crippen LogP contribution in [0.5, 0.6) is 0 Å². The predicted octanol–water partition coefficient (Wildman–Crippen LogP) is -0.537. The van der Waals surface area contributed by atoms with Gasteiger partial charge in [-0.1, -0.05) is 85.3 Å². The fourth-order valence-corrected chi connectivity index (χ4v) is 13.2. The highest BCUT2D eigenvalue weighted by atomic mass is 32.1. The van der Waals surface area contributed by atoms with Crippen molar-refractivity contribution in [3.05, 3.63) is 121 Å². The summed E-state index contributed by atoms with van der Waals surface area (Å²) in [4.78, 5) is 199. The number of carboxylic acid groups (broad SMARTS) is 1. The Labute approximate surface area is 640 Å². The quantitative estimate of drug-likeness (QED) is 0.00659. The summed E-state index contributed by atoms with van der Waals surface area (Å²) in [6, 6.07) is 11.0. The van der Waals surface area contributed by atoms with E-state index in [4.69, 9.17) is 33.1 Å². The van der Waals surface area contributed by atoms with Crippen molar-refractivity contribution in [2.24, 2.45) is 39.8 Å². The Balaban J connectivity index is 1.07. The van der Waals surface area contributed by atoms with Crippen LogP contribution in [-0.2, 0) is 78.3 Å². The second-order valence-electron chi connectivity index (χ2n) is 27.0. The molecule has 2 aliphatic rings. The molecule has 21 N–H and O–H groups in total. The minimum absolute atomic E-state index is 0.00879. The Morgan fingerprint density at radius 3 is 1.81 bits per heavy atom. The first-order valence-electron chi connectivity index (χ1n) is 36.1. The number of aliphatic hydroxyl groups is 2. The number of amides is 10. The zero-order chi connectivity index (χ0) is 80.7. The number of amidine groups is 1. The first-order valence-corrected chi connectivity index (χ1v) is 36.8. The molecular weight excluding hydrogens is 1440 g/mol. The number of aliphatic carboxylic acids is 1. The number of nitrogens with one attached hydrogen (secondary N) is 10. The number of thiol groups is 1. The number of nitrogens with zero attached hydrogens (tertiary/aromatic N) is 2. The van der Waals surface area contributed by atoms with Crippen molar-refractivity contribution in [3.63, 3.8) is 0 Å². The van der Waals surface area contributed by atoms with Gasteiger partial charge in [0.2, 0.25) is 59.1 Å².